The van der Waals surface area contributed by atoms with Crippen molar-refractivity contribution in [2.75, 3.05) is 46.8 Å². The van der Waals surface area contributed by atoms with E-state index < -0.39 is 0 Å². The summed E-state index contributed by atoms with van der Waals surface area (Å²) in [7, 11) is 4.14. The van der Waals surface area contributed by atoms with Crippen LogP contribution in [0.25, 0.3) is 0 Å². The first-order valence-electron chi connectivity index (χ1n) is 10.2. The number of furan rings is 1. The summed E-state index contributed by atoms with van der Waals surface area (Å²) < 4.78 is 5.99. The van der Waals surface area contributed by atoms with Gasteiger partial charge in [-0.05, 0) is 58.5 Å². The van der Waals surface area contributed by atoms with Crippen molar-refractivity contribution in [3.05, 3.63) is 23.7 Å². The Hall–Kier alpha value is -1.33. The molecule has 0 N–H and O–H groups in total. The summed E-state index contributed by atoms with van der Waals surface area (Å²) in [4.78, 5) is 19.2. The lowest BCUT2D eigenvalue weighted by Gasteiger charge is -2.48. The summed E-state index contributed by atoms with van der Waals surface area (Å²) in [5.41, 5.74) is 0.275. The fourth-order valence-electron chi connectivity index (χ4n) is 4.51. The van der Waals surface area contributed by atoms with Gasteiger partial charge in [0, 0.05) is 44.4 Å². The average molecular weight is 362 g/mol. The number of hydrogen-bond donors (Lipinski definition) is 0. The molecule has 0 bridgehead atoms. The Balaban J connectivity index is 1.59. The molecule has 5 nitrogen and oxygen atoms in total. The van der Waals surface area contributed by atoms with Gasteiger partial charge in [0.15, 0.2) is 0 Å². The summed E-state index contributed by atoms with van der Waals surface area (Å²) in [6.07, 6.45) is 6.36. The quantitative estimate of drug-likeness (QED) is 0.748. The molecular weight excluding hydrogens is 326 g/mol. The standard InChI is InChI=1S/C21H35N3O2/c1-4-6-18-7-8-19(26-18)15-23-12-5-10-21(16-23)11-9-20(25)24(17-21)14-13-22(2)3/h7-8H,4-6,9-17H2,1-3H3/t21-/m1/s1. The third-order valence-electron chi connectivity index (χ3n) is 5.90. The van der Waals surface area contributed by atoms with E-state index in [1.54, 1.807) is 0 Å². The summed E-state index contributed by atoms with van der Waals surface area (Å²) in [5, 5.41) is 0. The van der Waals surface area contributed by atoms with Crippen molar-refractivity contribution in [3.63, 3.8) is 0 Å². The first-order chi connectivity index (χ1) is 12.5. The normalized spacial score (nSPS) is 24.8. The molecule has 2 aliphatic rings. The van der Waals surface area contributed by atoms with Crippen molar-refractivity contribution in [2.24, 2.45) is 5.41 Å². The Morgan fingerprint density at radius 1 is 1.19 bits per heavy atom. The molecule has 0 radical (unpaired) electrons. The van der Waals surface area contributed by atoms with Gasteiger partial charge in [-0.1, -0.05) is 6.92 Å². The maximum absolute atomic E-state index is 12.3. The smallest absolute Gasteiger partial charge is 0.222 e. The predicted octanol–water partition coefficient (Wildman–Crippen LogP) is 3.00. The number of rotatable bonds is 7. The van der Waals surface area contributed by atoms with E-state index in [9.17, 15) is 4.79 Å². The Morgan fingerprint density at radius 2 is 2.00 bits per heavy atom. The predicted molar refractivity (Wildman–Crippen MR) is 104 cm³/mol. The minimum Gasteiger partial charge on any atom is -0.465 e. The molecule has 0 aromatic carbocycles. The molecule has 1 aromatic rings. The van der Waals surface area contributed by atoms with Crippen LogP contribution in [-0.2, 0) is 17.8 Å². The molecule has 0 unspecified atom stereocenters. The zero-order valence-corrected chi connectivity index (χ0v) is 16.8. The Morgan fingerprint density at radius 3 is 2.77 bits per heavy atom. The number of amides is 1. The summed E-state index contributed by atoms with van der Waals surface area (Å²) in [6.45, 7) is 8.03. The van der Waals surface area contributed by atoms with E-state index in [2.05, 4.69) is 47.9 Å². The molecule has 26 heavy (non-hydrogen) atoms. The molecule has 2 fully saturated rings. The van der Waals surface area contributed by atoms with Crippen molar-refractivity contribution in [1.29, 1.82) is 0 Å². The maximum atomic E-state index is 12.3. The van der Waals surface area contributed by atoms with E-state index in [1.807, 2.05) is 0 Å². The van der Waals surface area contributed by atoms with Crippen molar-refractivity contribution in [1.82, 2.24) is 14.7 Å². The SMILES string of the molecule is CCCc1ccc(CN2CCC[C@@]3(CCC(=O)N(CCN(C)C)C3)C2)o1. The number of piperidine rings is 2. The molecule has 2 aliphatic heterocycles. The number of aryl methyl sites for hydroxylation is 1. The molecule has 3 rings (SSSR count). The molecule has 2 saturated heterocycles. The number of carbonyl (C=O) groups excluding carboxylic acids is 1. The van der Waals surface area contributed by atoms with E-state index in [4.69, 9.17) is 4.42 Å². The van der Waals surface area contributed by atoms with Crippen molar-refractivity contribution in [2.45, 2.75) is 52.0 Å². The average Bonchev–Trinajstić information content (AvgIpc) is 3.03. The van der Waals surface area contributed by atoms with Crippen LogP contribution >= 0.6 is 0 Å². The van der Waals surface area contributed by atoms with E-state index >= 15 is 0 Å². The lowest BCUT2D eigenvalue weighted by atomic mass is 9.73. The van der Waals surface area contributed by atoms with Crippen LogP contribution in [0, 0.1) is 5.41 Å². The second kappa shape index (κ2) is 8.57. The van der Waals surface area contributed by atoms with Crippen LogP contribution in [0.2, 0.25) is 0 Å². The number of hydrogen-bond acceptors (Lipinski definition) is 4. The lowest BCUT2D eigenvalue weighted by molar-refractivity contribution is -0.139. The highest BCUT2D eigenvalue weighted by Gasteiger charge is 2.41. The van der Waals surface area contributed by atoms with Crippen LogP contribution in [0.1, 0.15) is 50.5 Å². The number of likely N-dealkylation sites (tertiary alicyclic amines) is 2. The van der Waals surface area contributed by atoms with Gasteiger partial charge in [-0.2, -0.15) is 0 Å². The minimum atomic E-state index is 0.275. The Kier molecular flexibility index (Phi) is 6.41. The third-order valence-corrected chi connectivity index (χ3v) is 5.90. The second-order valence-corrected chi connectivity index (χ2v) is 8.55. The van der Waals surface area contributed by atoms with Crippen LogP contribution in [0.15, 0.2) is 16.5 Å². The van der Waals surface area contributed by atoms with Crippen LogP contribution in [0.4, 0.5) is 0 Å². The fourth-order valence-corrected chi connectivity index (χ4v) is 4.51. The highest BCUT2D eigenvalue weighted by molar-refractivity contribution is 5.77. The van der Waals surface area contributed by atoms with Crippen LogP contribution in [0.3, 0.4) is 0 Å². The van der Waals surface area contributed by atoms with Crippen LogP contribution < -0.4 is 0 Å². The maximum Gasteiger partial charge on any atom is 0.222 e. The molecule has 5 heteroatoms. The van der Waals surface area contributed by atoms with Crippen LogP contribution in [0.5, 0.6) is 0 Å². The van der Waals surface area contributed by atoms with Gasteiger partial charge in [-0.3, -0.25) is 9.69 Å². The molecule has 1 aromatic heterocycles. The summed E-state index contributed by atoms with van der Waals surface area (Å²) in [6, 6.07) is 4.26. The molecule has 0 saturated carbocycles. The Bertz CT molecular complexity index is 598. The van der Waals surface area contributed by atoms with Gasteiger partial charge in [-0.15, -0.1) is 0 Å². The molecule has 1 amide bonds. The van der Waals surface area contributed by atoms with Crippen LogP contribution in [-0.4, -0.2) is 67.4 Å². The fraction of sp³-hybridized carbons (Fsp3) is 0.762. The highest BCUT2D eigenvalue weighted by Crippen LogP contribution is 2.39. The van der Waals surface area contributed by atoms with Gasteiger partial charge < -0.3 is 14.2 Å². The molecule has 3 heterocycles. The van der Waals surface area contributed by atoms with E-state index in [-0.39, 0.29) is 5.41 Å². The number of nitrogens with zero attached hydrogens (tertiary/aromatic N) is 3. The van der Waals surface area contributed by atoms with E-state index in [1.165, 1.54) is 12.8 Å². The second-order valence-electron chi connectivity index (χ2n) is 8.55. The van der Waals surface area contributed by atoms with Crippen molar-refractivity contribution >= 4 is 5.91 Å². The van der Waals surface area contributed by atoms with Crippen molar-refractivity contribution in [3.8, 4) is 0 Å². The van der Waals surface area contributed by atoms with Gasteiger partial charge in [-0.25, -0.2) is 0 Å². The molecular formula is C21H35N3O2. The van der Waals surface area contributed by atoms with Gasteiger partial charge in [0.05, 0.1) is 6.54 Å². The molecule has 1 atom stereocenters. The largest absolute Gasteiger partial charge is 0.465 e. The zero-order chi connectivity index (χ0) is 18.6. The zero-order valence-electron chi connectivity index (χ0n) is 16.8. The summed E-state index contributed by atoms with van der Waals surface area (Å²) >= 11 is 0. The van der Waals surface area contributed by atoms with E-state index in [0.717, 1.165) is 70.1 Å². The third kappa shape index (κ3) is 4.89. The van der Waals surface area contributed by atoms with Gasteiger partial charge in [0.1, 0.15) is 11.5 Å². The topological polar surface area (TPSA) is 39.9 Å². The lowest BCUT2D eigenvalue weighted by Crippen LogP contribution is -2.54. The molecule has 1 spiro atoms. The van der Waals surface area contributed by atoms with Crippen molar-refractivity contribution < 1.29 is 9.21 Å². The molecule has 0 aliphatic carbocycles. The highest BCUT2D eigenvalue weighted by atomic mass is 16.3. The minimum absolute atomic E-state index is 0.275. The first-order valence-corrected chi connectivity index (χ1v) is 10.2. The van der Waals surface area contributed by atoms with Gasteiger partial charge >= 0.3 is 0 Å². The van der Waals surface area contributed by atoms with Gasteiger partial charge in [0.25, 0.3) is 0 Å². The number of likely N-dealkylation sites (N-methyl/N-ethyl adjacent to an activating group) is 1. The summed E-state index contributed by atoms with van der Waals surface area (Å²) in [5.74, 6) is 2.53. The molecule has 146 valence electrons. The van der Waals surface area contributed by atoms with Gasteiger partial charge in [0.2, 0.25) is 5.91 Å². The Labute approximate surface area is 158 Å². The number of carbonyl (C=O) groups is 1. The first kappa shape index (κ1) is 19.4. The van der Waals surface area contributed by atoms with E-state index in [0.29, 0.717) is 12.3 Å². The monoisotopic (exact) mass is 361 g/mol.